The highest BCUT2D eigenvalue weighted by atomic mass is 32.2. The molecule has 1 aliphatic heterocycles. The van der Waals surface area contributed by atoms with Crippen molar-refractivity contribution >= 4 is 15.7 Å². The Morgan fingerprint density at radius 1 is 0.880 bits per heavy atom. The Balaban J connectivity index is 1.74. The topological polar surface area (TPSA) is 40.6 Å². The lowest BCUT2D eigenvalue weighted by Gasteiger charge is -2.36. The lowest BCUT2D eigenvalue weighted by molar-refractivity contribution is 0.384. The van der Waals surface area contributed by atoms with E-state index in [0.29, 0.717) is 18.0 Å². The average molecular weight is 359 g/mol. The van der Waals surface area contributed by atoms with Crippen molar-refractivity contribution < 1.29 is 8.42 Å². The van der Waals surface area contributed by atoms with Gasteiger partial charge in [0.1, 0.15) is 0 Å². The average Bonchev–Trinajstić information content (AvgIpc) is 2.62. The number of hydrogen-bond donors (Lipinski definition) is 0. The summed E-state index contributed by atoms with van der Waals surface area (Å²) in [5, 5.41) is 0. The largest absolute Gasteiger partial charge is 0.369 e. The van der Waals surface area contributed by atoms with E-state index in [0.717, 1.165) is 25.1 Å². The molecule has 0 radical (unpaired) electrons. The van der Waals surface area contributed by atoms with Crippen molar-refractivity contribution in [3.63, 3.8) is 0 Å². The number of benzene rings is 2. The molecule has 0 N–H and O–H groups in total. The van der Waals surface area contributed by atoms with E-state index in [9.17, 15) is 8.42 Å². The zero-order valence-corrected chi connectivity index (χ0v) is 16.0. The number of nitrogens with zero attached hydrogens (tertiary/aromatic N) is 2. The van der Waals surface area contributed by atoms with Crippen LogP contribution in [0.3, 0.4) is 0 Å². The molecule has 0 saturated carbocycles. The van der Waals surface area contributed by atoms with E-state index in [4.69, 9.17) is 0 Å². The molecule has 1 saturated heterocycles. The fourth-order valence-corrected chi connectivity index (χ4v) is 4.76. The Bertz CT molecular complexity index is 836. The summed E-state index contributed by atoms with van der Waals surface area (Å²) in [6.45, 7) is 8.72. The molecular weight excluding hydrogens is 332 g/mol. The molecule has 0 unspecified atom stereocenters. The molecule has 0 amide bonds. The molecule has 5 heteroatoms. The number of sulfonamides is 1. The van der Waals surface area contributed by atoms with Crippen LogP contribution in [0.5, 0.6) is 0 Å². The number of aryl methyl sites for hydroxylation is 3. The van der Waals surface area contributed by atoms with Crippen LogP contribution in [0.2, 0.25) is 0 Å². The Hall–Kier alpha value is -1.85. The molecule has 134 valence electrons. The van der Waals surface area contributed by atoms with Crippen molar-refractivity contribution in [2.45, 2.75) is 32.1 Å². The maximum Gasteiger partial charge on any atom is 0.243 e. The molecule has 0 atom stereocenters. The van der Waals surface area contributed by atoms with Gasteiger partial charge in [0.15, 0.2) is 0 Å². The van der Waals surface area contributed by atoms with Gasteiger partial charge in [-0.25, -0.2) is 8.42 Å². The summed E-state index contributed by atoms with van der Waals surface area (Å²) < 4.78 is 27.2. The summed E-state index contributed by atoms with van der Waals surface area (Å²) >= 11 is 0. The van der Waals surface area contributed by atoms with Crippen molar-refractivity contribution in [3.05, 3.63) is 59.2 Å². The summed E-state index contributed by atoms with van der Waals surface area (Å²) in [4.78, 5) is 2.69. The zero-order valence-electron chi connectivity index (χ0n) is 15.2. The van der Waals surface area contributed by atoms with Gasteiger partial charge in [0, 0.05) is 31.9 Å². The van der Waals surface area contributed by atoms with Crippen LogP contribution >= 0.6 is 0 Å². The minimum Gasteiger partial charge on any atom is -0.369 e. The van der Waals surface area contributed by atoms with Crippen molar-refractivity contribution in [1.82, 2.24) is 4.31 Å². The first-order valence-electron chi connectivity index (χ1n) is 8.83. The molecule has 3 rings (SSSR count). The van der Waals surface area contributed by atoms with E-state index in [1.807, 2.05) is 19.1 Å². The first-order valence-corrected chi connectivity index (χ1v) is 10.3. The summed E-state index contributed by atoms with van der Waals surface area (Å²) in [6.07, 6.45) is 0.985. The van der Waals surface area contributed by atoms with E-state index >= 15 is 0 Å². The molecule has 2 aromatic carbocycles. The summed E-state index contributed by atoms with van der Waals surface area (Å²) in [5.41, 5.74) is 4.90. The van der Waals surface area contributed by atoms with Gasteiger partial charge in [-0.1, -0.05) is 42.3 Å². The number of rotatable bonds is 4. The summed E-state index contributed by atoms with van der Waals surface area (Å²) in [7, 11) is -3.40. The fourth-order valence-electron chi connectivity index (χ4n) is 3.33. The molecule has 2 aromatic rings. The van der Waals surface area contributed by atoms with Crippen LogP contribution in [0.15, 0.2) is 47.4 Å². The second-order valence-electron chi connectivity index (χ2n) is 6.69. The SMILES string of the molecule is CCc1cc(C)ccc1N1CCN(S(=O)(=O)c2ccc(C)cc2)CC1. The van der Waals surface area contributed by atoms with Crippen molar-refractivity contribution in [3.8, 4) is 0 Å². The van der Waals surface area contributed by atoms with Gasteiger partial charge in [0.25, 0.3) is 0 Å². The van der Waals surface area contributed by atoms with E-state index < -0.39 is 10.0 Å². The zero-order chi connectivity index (χ0) is 18.0. The predicted octanol–water partition coefficient (Wildman–Crippen LogP) is 3.38. The highest BCUT2D eigenvalue weighted by molar-refractivity contribution is 7.89. The third-order valence-electron chi connectivity index (χ3n) is 4.85. The highest BCUT2D eigenvalue weighted by Crippen LogP contribution is 2.25. The maximum absolute atomic E-state index is 12.8. The normalized spacial score (nSPS) is 16.2. The molecule has 0 aromatic heterocycles. The van der Waals surface area contributed by atoms with Crippen LogP contribution in [0, 0.1) is 13.8 Å². The molecule has 1 fully saturated rings. The van der Waals surface area contributed by atoms with E-state index in [2.05, 4.69) is 36.9 Å². The second-order valence-corrected chi connectivity index (χ2v) is 8.63. The minimum absolute atomic E-state index is 0.385. The van der Waals surface area contributed by atoms with E-state index in [1.165, 1.54) is 16.8 Å². The number of piperazine rings is 1. The van der Waals surface area contributed by atoms with Crippen molar-refractivity contribution in [2.75, 3.05) is 31.1 Å². The third kappa shape index (κ3) is 3.72. The summed E-state index contributed by atoms with van der Waals surface area (Å²) in [6, 6.07) is 13.6. The van der Waals surface area contributed by atoms with Gasteiger partial charge in [-0.15, -0.1) is 0 Å². The monoisotopic (exact) mass is 358 g/mol. The highest BCUT2D eigenvalue weighted by Gasteiger charge is 2.28. The van der Waals surface area contributed by atoms with Crippen LogP contribution in [0.25, 0.3) is 0 Å². The minimum atomic E-state index is -3.40. The lowest BCUT2D eigenvalue weighted by Crippen LogP contribution is -2.48. The van der Waals surface area contributed by atoms with Crippen LogP contribution in [0.4, 0.5) is 5.69 Å². The molecular formula is C20H26N2O2S. The molecule has 0 aliphatic carbocycles. The Kier molecular flexibility index (Phi) is 5.16. The lowest BCUT2D eigenvalue weighted by atomic mass is 10.1. The van der Waals surface area contributed by atoms with Crippen molar-refractivity contribution in [2.24, 2.45) is 0 Å². The Morgan fingerprint density at radius 2 is 1.48 bits per heavy atom. The van der Waals surface area contributed by atoms with Gasteiger partial charge < -0.3 is 4.90 Å². The van der Waals surface area contributed by atoms with Crippen LogP contribution in [-0.2, 0) is 16.4 Å². The Morgan fingerprint density at radius 3 is 2.08 bits per heavy atom. The van der Waals surface area contributed by atoms with Gasteiger partial charge in [-0.2, -0.15) is 4.31 Å². The molecule has 1 heterocycles. The van der Waals surface area contributed by atoms with E-state index in [1.54, 1.807) is 16.4 Å². The third-order valence-corrected chi connectivity index (χ3v) is 6.77. The molecule has 1 aliphatic rings. The quantitative estimate of drug-likeness (QED) is 0.841. The maximum atomic E-state index is 12.8. The van der Waals surface area contributed by atoms with Gasteiger partial charge in [-0.3, -0.25) is 0 Å². The fraction of sp³-hybridized carbons (Fsp3) is 0.400. The molecule has 0 bridgehead atoms. The smallest absolute Gasteiger partial charge is 0.243 e. The van der Waals surface area contributed by atoms with Gasteiger partial charge in [0.05, 0.1) is 4.90 Å². The molecule has 25 heavy (non-hydrogen) atoms. The summed E-state index contributed by atoms with van der Waals surface area (Å²) in [5.74, 6) is 0. The number of anilines is 1. The molecule has 4 nitrogen and oxygen atoms in total. The first kappa shape index (κ1) is 18.0. The van der Waals surface area contributed by atoms with Gasteiger partial charge >= 0.3 is 0 Å². The number of hydrogen-bond acceptors (Lipinski definition) is 3. The predicted molar refractivity (Wildman–Crippen MR) is 103 cm³/mol. The first-order chi connectivity index (χ1) is 11.9. The van der Waals surface area contributed by atoms with Gasteiger partial charge in [-0.05, 0) is 44.0 Å². The van der Waals surface area contributed by atoms with Crippen LogP contribution in [-0.4, -0.2) is 38.9 Å². The van der Waals surface area contributed by atoms with Crippen molar-refractivity contribution in [1.29, 1.82) is 0 Å². The van der Waals surface area contributed by atoms with Crippen LogP contribution in [0.1, 0.15) is 23.6 Å². The molecule has 0 spiro atoms. The Labute approximate surface area is 151 Å². The van der Waals surface area contributed by atoms with Crippen LogP contribution < -0.4 is 4.90 Å². The second kappa shape index (κ2) is 7.18. The standard InChI is InChI=1S/C20H26N2O2S/c1-4-18-15-17(3)7-10-20(18)21-11-13-22(14-12-21)25(23,24)19-8-5-16(2)6-9-19/h5-10,15H,4,11-14H2,1-3H3. The van der Waals surface area contributed by atoms with E-state index in [-0.39, 0.29) is 0 Å². The van der Waals surface area contributed by atoms with Gasteiger partial charge in [0.2, 0.25) is 10.0 Å².